The molecule has 146 valence electrons. The van der Waals surface area contributed by atoms with Gasteiger partial charge >= 0.3 is 6.09 Å². The second-order valence-corrected chi connectivity index (χ2v) is 8.21. The van der Waals surface area contributed by atoms with Gasteiger partial charge in [-0.05, 0) is 24.1 Å². The van der Waals surface area contributed by atoms with Gasteiger partial charge in [0.05, 0.1) is 9.88 Å². The molecule has 0 spiro atoms. The minimum absolute atomic E-state index is 0.230. The topological polar surface area (TPSA) is 91.3 Å². The third kappa shape index (κ3) is 7.30. The third-order valence-corrected chi connectivity index (χ3v) is 5.60. The van der Waals surface area contributed by atoms with E-state index in [1.54, 1.807) is 6.20 Å². The molecule has 0 fully saturated rings. The second kappa shape index (κ2) is 11.0. The van der Waals surface area contributed by atoms with E-state index in [9.17, 15) is 9.59 Å². The van der Waals surface area contributed by atoms with E-state index < -0.39 is 12.1 Å². The molecule has 1 aromatic carbocycles. The fraction of sp³-hybridized carbons (Fsp3) is 0.421. The SMILES string of the molecule is CCCCCCNC(=O)C(Cc1ncc(-c2ccc(Br)cc2)s1)NC(=O)O. The number of carbonyl (C=O) groups excluding carboxylic acids is 1. The van der Waals surface area contributed by atoms with Gasteiger partial charge in [0, 0.05) is 23.6 Å². The average molecular weight is 454 g/mol. The monoisotopic (exact) mass is 453 g/mol. The molecule has 27 heavy (non-hydrogen) atoms. The predicted molar refractivity (Wildman–Crippen MR) is 111 cm³/mol. The maximum Gasteiger partial charge on any atom is 0.405 e. The number of benzene rings is 1. The Hall–Kier alpha value is -1.93. The van der Waals surface area contributed by atoms with Gasteiger partial charge in [-0.3, -0.25) is 4.79 Å². The number of nitrogens with zero attached hydrogens (tertiary/aromatic N) is 1. The van der Waals surface area contributed by atoms with Crippen molar-refractivity contribution in [3.63, 3.8) is 0 Å². The third-order valence-electron chi connectivity index (χ3n) is 4.00. The fourth-order valence-electron chi connectivity index (χ4n) is 2.57. The molecule has 0 saturated heterocycles. The molecule has 6 nitrogen and oxygen atoms in total. The van der Waals surface area contributed by atoms with E-state index in [1.807, 2.05) is 24.3 Å². The number of aromatic nitrogens is 1. The Morgan fingerprint density at radius 1 is 1.22 bits per heavy atom. The molecular formula is C19H24BrN3O3S. The quantitative estimate of drug-likeness (QED) is 0.463. The first-order valence-corrected chi connectivity index (χ1v) is 10.6. The molecule has 0 saturated carbocycles. The van der Waals surface area contributed by atoms with Gasteiger partial charge in [0.15, 0.2) is 0 Å². The van der Waals surface area contributed by atoms with Crippen LogP contribution >= 0.6 is 27.3 Å². The molecular weight excluding hydrogens is 430 g/mol. The summed E-state index contributed by atoms with van der Waals surface area (Å²) >= 11 is 4.87. The summed E-state index contributed by atoms with van der Waals surface area (Å²) < 4.78 is 0.998. The highest BCUT2D eigenvalue weighted by Gasteiger charge is 2.22. The van der Waals surface area contributed by atoms with E-state index in [2.05, 4.69) is 38.5 Å². The zero-order valence-corrected chi connectivity index (χ0v) is 17.6. The first kappa shape index (κ1) is 21.4. The maximum absolute atomic E-state index is 12.4. The van der Waals surface area contributed by atoms with Crippen molar-refractivity contribution in [2.75, 3.05) is 6.54 Å². The van der Waals surface area contributed by atoms with Crippen LogP contribution < -0.4 is 10.6 Å². The van der Waals surface area contributed by atoms with Crippen molar-refractivity contribution in [2.45, 2.75) is 45.1 Å². The van der Waals surface area contributed by atoms with E-state index in [-0.39, 0.29) is 12.3 Å². The fourth-order valence-corrected chi connectivity index (χ4v) is 3.80. The van der Waals surface area contributed by atoms with Gasteiger partial charge in [-0.15, -0.1) is 11.3 Å². The lowest BCUT2D eigenvalue weighted by molar-refractivity contribution is -0.123. The molecule has 2 aromatic rings. The van der Waals surface area contributed by atoms with Crippen molar-refractivity contribution in [3.8, 4) is 10.4 Å². The number of unbranched alkanes of at least 4 members (excludes halogenated alkanes) is 3. The summed E-state index contributed by atoms with van der Waals surface area (Å²) in [6.07, 6.45) is 4.97. The Bertz CT molecular complexity index is 749. The highest BCUT2D eigenvalue weighted by molar-refractivity contribution is 9.10. The van der Waals surface area contributed by atoms with Crippen LogP contribution in [0.4, 0.5) is 4.79 Å². The summed E-state index contributed by atoms with van der Waals surface area (Å²) in [5, 5.41) is 14.9. The Balaban J connectivity index is 1.97. The number of nitrogens with one attached hydrogen (secondary N) is 2. The van der Waals surface area contributed by atoms with Crippen LogP contribution in [0.2, 0.25) is 0 Å². The zero-order valence-electron chi connectivity index (χ0n) is 15.2. The summed E-state index contributed by atoms with van der Waals surface area (Å²) in [5.41, 5.74) is 1.03. The number of thiazole rings is 1. The largest absolute Gasteiger partial charge is 0.465 e. The van der Waals surface area contributed by atoms with E-state index >= 15 is 0 Å². The second-order valence-electron chi connectivity index (χ2n) is 6.18. The van der Waals surface area contributed by atoms with Gasteiger partial charge in [0.2, 0.25) is 5.91 Å². The predicted octanol–water partition coefficient (Wildman–Crippen LogP) is 4.45. The molecule has 1 unspecified atom stereocenters. The molecule has 3 N–H and O–H groups in total. The normalized spacial score (nSPS) is 11.8. The van der Waals surface area contributed by atoms with Crippen molar-refractivity contribution < 1.29 is 14.7 Å². The van der Waals surface area contributed by atoms with Gasteiger partial charge in [-0.25, -0.2) is 9.78 Å². The van der Waals surface area contributed by atoms with Gasteiger partial charge in [0.25, 0.3) is 0 Å². The molecule has 0 radical (unpaired) electrons. The summed E-state index contributed by atoms with van der Waals surface area (Å²) in [7, 11) is 0. The van der Waals surface area contributed by atoms with Crippen LogP contribution in [0.15, 0.2) is 34.9 Å². The lowest BCUT2D eigenvalue weighted by Crippen LogP contribution is -2.47. The minimum Gasteiger partial charge on any atom is -0.465 e. The first-order valence-electron chi connectivity index (χ1n) is 8.97. The Morgan fingerprint density at radius 2 is 1.96 bits per heavy atom. The Morgan fingerprint density at radius 3 is 2.63 bits per heavy atom. The lowest BCUT2D eigenvalue weighted by Gasteiger charge is -2.15. The number of hydrogen-bond donors (Lipinski definition) is 3. The van der Waals surface area contributed by atoms with Gasteiger partial charge < -0.3 is 15.7 Å². The van der Waals surface area contributed by atoms with Gasteiger partial charge in [-0.1, -0.05) is 54.2 Å². The van der Waals surface area contributed by atoms with Crippen molar-refractivity contribution in [2.24, 2.45) is 0 Å². The minimum atomic E-state index is -1.22. The molecule has 1 heterocycles. The van der Waals surface area contributed by atoms with Gasteiger partial charge in [-0.2, -0.15) is 0 Å². The number of amides is 2. The highest BCUT2D eigenvalue weighted by atomic mass is 79.9. The summed E-state index contributed by atoms with van der Waals surface area (Å²) in [4.78, 5) is 28.8. The van der Waals surface area contributed by atoms with E-state index in [1.165, 1.54) is 11.3 Å². The summed E-state index contributed by atoms with van der Waals surface area (Å²) in [6.45, 7) is 2.68. The molecule has 0 aliphatic rings. The number of rotatable bonds is 10. The molecule has 0 aliphatic carbocycles. The van der Waals surface area contributed by atoms with Crippen LogP contribution in [-0.2, 0) is 11.2 Å². The molecule has 2 amide bonds. The van der Waals surface area contributed by atoms with Gasteiger partial charge in [0.1, 0.15) is 6.04 Å². The maximum atomic E-state index is 12.4. The van der Waals surface area contributed by atoms with Crippen molar-refractivity contribution in [1.29, 1.82) is 0 Å². The van der Waals surface area contributed by atoms with E-state index in [4.69, 9.17) is 5.11 Å². The Kier molecular flexibility index (Phi) is 8.74. The van der Waals surface area contributed by atoms with E-state index in [0.717, 1.165) is 40.6 Å². The number of halogens is 1. The first-order chi connectivity index (χ1) is 13.0. The number of hydrogen-bond acceptors (Lipinski definition) is 4. The smallest absolute Gasteiger partial charge is 0.405 e. The van der Waals surface area contributed by atoms with Crippen LogP contribution in [0.5, 0.6) is 0 Å². The van der Waals surface area contributed by atoms with Crippen LogP contribution in [0.1, 0.15) is 37.6 Å². The molecule has 1 aromatic heterocycles. The Labute approximate surface area is 171 Å². The van der Waals surface area contributed by atoms with Crippen LogP contribution in [0, 0.1) is 0 Å². The van der Waals surface area contributed by atoms with Crippen LogP contribution in [-0.4, -0.2) is 34.7 Å². The number of carboxylic acid groups (broad SMARTS) is 1. The molecule has 2 rings (SSSR count). The van der Waals surface area contributed by atoms with Crippen molar-refractivity contribution >= 4 is 39.3 Å². The summed E-state index contributed by atoms with van der Waals surface area (Å²) in [6, 6.07) is 7.03. The van der Waals surface area contributed by atoms with Crippen molar-refractivity contribution in [1.82, 2.24) is 15.6 Å². The average Bonchev–Trinajstić information content (AvgIpc) is 3.09. The molecule has 0 aliphatic heterocycles. The zero-order chi connectivity index (χ0) is 19.6. The molecule has 8 heteroatoms. The summed E-state index contributed by atoms with van der Waals surface area (Å²) in [5.74, 6) is -0.311. The van der Waals surface area contributed by atoms with E-state index in [0.29, 0.717) is 11.6 Å². The standard InChI is InChI=1S/C19H24BrN3O3S/c1-2-3-4-5-10-21-18(24)15(23-19(25)26)11-17-22-12-16(27-17)13-6-8-14(20)9-7-13/h6-9,12,15,23H,2-5,10-11H2,1H3,(H,21,24)(H,25,26). The molecule has 1 atom stereocenters. The lowest BCUT2D eigenvalue weighted by atomic mass is 10.2. The number of carbonyl (C=O) groups is 2. The molecule has 0 bridgehead atoms. The van der Waals surface area contributed by atoms with Crippen molar-refractivity contribution in [3.05, 3.63) is 39.9 Å². The van der Waals surface area contributed by atoms with Crippen LogP contribution in [0.3, 0.4) is 0 Å². The highest BCUT2D eigenvalue weighted by Crippen LogP contribution is 2.27. The van der Waals surface area contributed by atoms with Crippen LogP contribution in [0.25, 0.3) is 10.4 Å².